The van der Waals surface area contributed by atoms with Crippen LogP contribution in [0.2, 0.25) is 0 Å². The van der Waals surface area contributed by atoms with Crippen LogP contribution >= 0.6 is 11.8 Å². The van der Waals surface area contributed by atoms with Gasteiger partial charge in [-0.2, -0.15) is 5.26 Å². The number of nitrogen functional groups attached to an aromatic ring is 1. The monoisotopic (exact) mass is 319 g/mol. The Hall–Kier alpha value is -2.17. The number of hydrogen-bond donors (Lipinski definition) is 2. The minimum atomic E-state index is -3.78. The van der Waals surface area contributed by atoms with Gasteiger partial charge in [0, 0.05) is 10.6 Å². The van der Waals surface area contributed by atoms with Crippen molar-refractivity contribution in [1.29, 1.82) is 5.26 Å². The summed E-state index contributed by atoms with van der Waals surface area (Å²) in [5.74, 6) is 0. The van der Waals surface area contributed by atoms with E-state index in [2.05, 4.69) is 4.72 Å². The molecule has 0 aliphatic heterocycles. The largest absolute Gasteiger partial charge is 0.398 e. The van der Waals surface area contributed by atoms with Crippen molar-refractivity contribution in [2.24, 2.45) is 0 Å². The summed E-state index contributed by atoms with van der Waals surface area (Å²) in [6.07, 6.45) is 1.94. The first kappa shape index (κ1) is 15.2. The minimum Gasteiger partial charge on any atom is -0.398 e. The zero-order valence-corrected chi connectivity index (χ0v) is 12.8. The first-order valence-electron chi connectivity index (χ1n) is 5.93. The number of hydrogen-bond acceptors (Lipinski definition) is 5. The van der Waals surface area contributed by atoms with Crippen LogP contribution in [-0.2, 0) is 10.0 Å². The van der Waals surface area contributed by atoms with Crippen molar-refractivity contribution in [2.45, 2.75) is 9.79 Å². The summed E-state index contributed by atoms with van der Waals surface area (Å²) >= 11 is 1.57. The Balaban J connectivity index is 2.31. The summed E-state index contributed by atoms with van der Waals surface area (Å²) in [5, 5.41) is 8.77. The number of nitriles is 1. The molecule has 2 aromatic carbocycles. The Bertz CT molecular complexity index is 794. The maximum absolute atomic E-state index is 12.3. The quantitative estimate of drug-likeness (QED) is 0.667. The molecule has 0 aliphatic carbocycles. The molecule has 2 aromatic rings. The molecule has 21 heavy (non-hydrogen) atoms. The molecule has 0 aliphatic rings. The van der Waals surface area contributed by atoms with Crippen LogP contribution in [0.15, 0.2) is 52.3 Å². The molecule has 0 saturated heterocycles. The van der Waals surface area contributed by atoms with Crippen molar-refractivity contribution < 1.29 is 8.42 Å². The topological polar surface area (TPSA) is 96.0 Å². The lowest BCUT2D eigenvalue weighted by Crippen LogP contribution is -2.14. The number of sulfonamides is 1. The van der Waals surface area contributed by atoms with Crippen LogP contribution < -0.4 is 10.5 Å². The van der Waals surface area contributed by atoms with Gasteiger partial charge in [-0.3, -0.25) is 4.72 Å². The van der Waals surface area contributed by atoms with Crippen molar-refractivity contribution in [1.82, 2.24) is 0 Å². The van der Waals surface area contributed by atoms with Gasteiger partial charge in [-0.05, 0) is 48.7 Å². The predicted octanol–water partition coefficient (Wildman–Crippen LogP) is 2.66. The van der Waals surface area contributed by atoms with E-state index in [0.29, 0.717) is 11.3 Å². The Kier molecular flexibility index (Phi) is 4.40. The molecule has 2 rings (SSSR count). The number of nitrogens with two attached hydrogens (primary N) is 1. The molecule has 0 fully saturated rings. The SMILES string of the molecule is CSc1ccc(NS(=O)(=O)c2ccc(C#N)cc2N)cc1. The molecule has 0 atom stereocenters. The molecule has 0 aromatic heterocycles. The first-order valence-corrected chi connectivity index (χ1v) is 8.63. The number of anilines is 2. The Morgan fingerprint density at radius 2 is 1.86 bits per heavy atom. The van der Waals surface area contributed by atoms with Crippen LogP contribution in [0.4, 0.5) is 11.4 Å². The van der Waals surface area contributed by atoms with Gasteiger partial charge in [-0.1, -0.05) is 0 Å². The van der Waals surface area contributed by atoms with Gasteiger partial charge in [0.15, 0.2) is 0 Å². The Morgan fingerprint density at radius 1 is 1.19 bits per heavy atom. The third kappa shape index (κ3) is 3.48. The minimum absolute atomic E-state index is 0.0438. The molecule has 0 bridgehead atoms. The zero-order valence-electron chi connectivity index (χ0n) is 11.2. The van der Waals surface area contributed by atoms with E-state index in [1.54, 1.807) is 23.9 Å². The van der Waals surface area contributed by atoms with Crippen LogP contribution in [0.1, 0.15) is 5.56 Å². The molecule has 0 heterocycles. The highest BCUT2D eigenvalue weighted by Gasteiger charge is 2.17. The van der Waals surface area contributed by atoms with E-state index in [1.165, 1.54) is 18.2 Å². The molecule has 108 valence electrons. The van der Waals surface area contributed by atoms with E-state index in [1.807, 2.05) is 24.5 Å². The Labute approximate surface area is 127 Å². The second-order valence-corrected chi connectivity index (χ2v) is 6.73. The van der Waals surface area contributed by atoms with Crippen molar-refractivity contribution in [3.63, 3.8) is 0 Å². The summed E-state index contributed by atoms with van der Waals surface area (Å²) in [7, 11) is -3.78. The van der Waals surface area contributed by atoms with Gasteiger partial charge < -0.3 is 5.73 Å². The number of benzene rings is 2. The smallest absolute Gasteiger partial charge is 0.263 e. The molecular formula is C14H13N3O2S2. The molecule has 0 spiro atoms. The summed E-state index contributed by atoms with van der Waals surface area (Å²) in [5.41, 5.74) is 6.52. The molecule has 0 saturated carbocycles. The third-order valence-electron chi connectivity index (χ3n) is 2.77. The van der Waals surface area contributed by atoms with E-state index >= 15 is 0 Å². The highest BCUT2D eigenvalue weighted by Crippen LogP contribution is 2.24. The molecular weight excluding hydrogens is 306 g/mol. The van der Waals surface area contributed by atoms with Gasteiger partial charge in [0.2, 0.25) is 0 Å². The molecule has 5 nitrogen and oxygen atoms in total. The lowest BCUT2D eigenvalue weighted by atomic mass is 10.2. The number of rotatable bonds is 4. The molecule has 3 N–H and O–H groups in total. The lowest BCUT2D eigenvalue weighted by molar-refractivity contribution is 0.601. The molecule has 0 radical (unpaired) electrons. The van der Waals surface area contributed by atoms with E-state index in [4.69, 9.17) is 11.0 Å². The summed E-state index contributed by atoms with van der Waals surface area (Å²) < 4.78 is 27.1. The van der Waals surface area contributed by atoms with Crippen LogP contribution in [-0.4, -0.2) is 14.7 Å². The first-order chi connectivity index (χ1) is 9.96. The van der Waals surface area contributed by atoms with Gasteiger partial charge in [-0.15, -0.1) is 11.8 Å². The number of nitrogens with zero attached hydrogens (tertiary/aromatic N) is 1. The van der Waals surface area contributed by atoms with Crippen molar-refractivity contribution in [2.75, 3.05) is 16.7 Å². The molecule has 7 heteroatoms. The number of thioether (sulfide) groups is 1. The second kappa shape index (κ2) is 6.08. The van der Waals surface area contributed by atoms with E-state index in [0.717, 1.165) is 4.90 Å². The van der Waals surface area contributed by atoms with Crippen LogP contribution in [0.25, 0.3) is 0 Å². The van der Waals surface area contributed by atoms with Crippen LogP contribution in [0, 0.1) is 11.3 Å². The number of nitrogens with one attached hydrogen (secondary N) is 1. The predicted molar refractivity (Wildman–Crippen MR) is 84.6 cm³/mol. The fraction of sp³-hybridized carbons (Fsp3) is 0.0714. The van der Waals surface area contributed by atoms with E-state index < -0.39 is 10.0 Å². The van der Waals surface area contributed by atoms with E-state index in [9.17, 15) is 8.42 Å². The fourth-order valence-corrected chi connectivity index (χ4v) is 3.31. The van der Waals surface area contributed by atoms with Gasteiger partial charge in [-0.25, -0.2) is 8.42 Å². The summed E-state index contributed by atoms with van der Waals surface area (Å²) in [6.45, 7) is 0. The van der Waals surface area contributed by atoms with Gasteiger partial charge >= 0.3 is 0 Å². The fourth-order valence-electron chi connectivity index (χ4n) is 1.73. The van der Waals surface area contributed by atoms with E-state index in [-0.39, 0.29) is 10.6 Å². The Morgan fingerprint density at radius 3 is 2.38 bits per heavy atom. The highest BCUT2D eigenvalue weighted by molar-refractivity contribution is 7.98. The van der Waals surface area contributed by atoms with Crippen molar-refractivity contribution in [3.8, 4) is 6.07 Å². The average Bonchev–Trinajstić information content (AvgIpc) is 2.47. The third-order valence-corrected chi connectivity index (χ3v) is 4.97. The zero-order chi connectivity index (χ0) is 15.5. The van der Waals surface area contributed by atoms with Gasteiger partial charge in [0.25, 0.3) is 10.0 Å². The van der Waals surface area contributed by atoms with Crippen LogP contribution in [0.3, 0.4) is 0 Å². The maximum Gasteiger partial charge on any atom is 0.263 e. The van der Waals surface area contributed by atoms with Crippen molar-refractivity contribution in [3.05, 3.63) is 48.0 Å². The maximum atomic E-state index is 12.3. The average molecular weight is 319 g/mol. The standard InChI is InChI=1S/C14H13N3O2S2/c1-20-12-5-3-11(4-6-12)17-21(18,19)14-7-2-10(9-15)8-13(14)16/h2-8,17H,16H2,1H3. The normalized spacial score (nSPS) is 10.9. The second-order valence-electron chi connectivity index (χ2n) is 4.20. The summed E-state index contributed by atoms with van der Waals surface area (Å²) in [6, 6.07) is 13.0. The van der Waals surface area contributed by atoms with Gasteiger partial charge in [0.1, 0.15) is 4.90 Å². The molecule has 0 unspecified atom stereocenters. The van der Waals surface area contributed by atoms with Crippen molar-refractivity contribution >= 4 is 33.2 Å². The highest BCUT2D eigenvalue weighted by atomic mass is 32.2. The van der Waals surface area contributed by atoms with Crippen LogP contribution in [0.5, 0.6) is 0 Å². The summed E-state index contributed by atoms with van der Waals surface area (Å²) in [4.78, 5) is 0.992. The van der Waals surface area contributed by atoms with Gasteiger partial charge in [0.05, 0.1) is 17.3 Å². The lowest BCUT2D eigenvalue weighted by Gasteiger charge is -2.10. The molecule has 0 amide bonds.